The number of carbonyl (C=O) groups is 2. The number of nitrogens with one attached hydrogen (secondary N) is 2. The number of urea groups is 1. The van der Waals surface area contributed by atoms with Crippen molar-refractivity contribution in [1.82, 2.24) is 20.2 Å². The van der Waals surface area contributed by atoms with Gasteiger partial charge in [0, 0.05) is 13.1 Å². The monoisotopic (exact) mass is 348 g/mol. The van der Waals surface area contributed by atoms with Crippen LogP contribution in [0.5, 0.6) is 0 Å². The van der Waals surface area contributed by atoms with Crippen molar-refractivity contribution in [2.75, 3.05) is 12.3 Å². The number of fused-ring (bicyclic) bond motifs is 1. The van der Waals surface area contributed by atoms with Crippen LogP contribution in [0.3, 0.4) is 0 Å². The van der Waals surface area contributed by atoms with Crippen LogP contribution in [0.4, 0.5) is 4.79 Å². The van der Waals surface area contributed by atoms with Crippen LogP contribution in [-0.4, -0.2) is 33.8 Å². The van der Waals surface area contributed by atoms with Gasteiger partial charge in [0.15, 0.2) is 5.16 Å². The number of nitrogens with zero attached hydrogens (tertiary/aromatic N) is 2. The predicted octanol–water partition coefficient (Wildman–Crippen LogP) is 1.74. The Morgan fingerprint density at radius 3 is 2.71 bits per heavy atom. The maximum Gasteiger partial charge on any atom is 0.321 e. The number of para-hydroxylation sites is 1. The molecule has 128 valence electrons. The second-order valence-corrected chi connectivity index (χ2v) is 6.00. The van der Waals surface area contributed by atoms with Crippen molar-refractivity contribution in [3.63, 3.8) is 0 Å². The molecule has 0 atom stereocenters. The Morgan fingerprint density at radius 2 is 2.00 bits per heavy atom. The number of hydrogen-bond acceptors (Lipinski definition) is 5. The quantitative estimate of drug-likeness (QED) is 0.613. The van der Waals surface area contributed by atoms with Crippen molar-refractivity contribution < 1.29 is 9.59 Å². The molecule has 0 saturated carbocycles. The Labute approximate surface area is 143 Å². The first-order valence-corrected chi connectivity index (χ1v) is 8.75. The van der Waals surface area contributed by atoms with Crippen LogP contribution in [0.1, 0.15) is 20.3 Å². The standard InChI is InChI=1S/C16H20N4O3S/c1-3-9-17-15(23)19-13(21)10-24-16-18-12-8-6-5-7-11(12)14(22)20(16)4-2/h5-8H,3-4,9-10H2,1-2H3,(H2,17,19,21,23). The van der Waals surface area contributed by atoms with Gasteiger partial charge in [0.25, 0.3) is 5.56 Å². The third kappa shape index (κ3) is 4.35. The zero-order chi connectivity index (χ0) is 17.5. The lowest BCUT2D eigenvalue weighted by Crippen LogP contribution is -2.40. The molecule has 0 saturated heterocycles. The second kappa shape index (κ2) is 8.49. The van der Waals surface area contributed by atoms with E-state index in [0.29, 0.717) is 29.1 Å². The SMILES string of the molecule is CCCNC(=O)NC(=O)CSc1nc2ccccc2c(=O)n1CC. The largest absolute Gasteiger partial charge is 0.338 e. The highest BCUT2D eigenvalue weighted by atomic mass is 32.2. The van der Waals surface area contributed by atoms with E-state index in [4.69, 9.17) is 0 Å². The molecular formula is C16H20N4O3S. The number of aromatic nitrogens is 2. The van der Waals surface area contributed by atoms with Crippen molar-refractivity contribution >= 4 is 34.6 Å². The van der Waals surface area contributed by atoms with Crippen molar-refractivity contribution in [2.24, 2.45) is 0 Å². The lowest BCUT2D eigenvalue weighted by atomic mass is 10.2. The lowest BCUT2D eigenvalue weighted by Gasteiger charge is -2.11. The molecule has 8 heteroatoms. The zero-order valence-corrected chi connectivity index (χ0v) is 14.5. The highest BCUT2D eigenvalue weighted by molar-refractivity contribution is 7.99. The smallest absolute Gasteiger partial charge is 0.321 e. The van der Waals surface area contributed by atoms with Gasteiger partial charge in [0.05, 0.1) is 16.7 Å². The van der Waals surface area contributed by atoms with Gasteiger partial charge in [0.2, 0.25) is 5.91 Å². The normalized spacial score (nSPS) is 10.6. The Balaban J connectivity index is 2.11. The van der Waals surface area contributed by atoms with Gasteiger partial charge in [-0.2, -0.15) is 0 Å². The molecule has 1 heterocycles. The molecule has 24 heavy (non-hydrogen) atoms. The zero-order valence-electron chi connectivity index (χ0n) is 13.7. The summed E-state index contributed by atoms with van der Waals surface area (Å²) in [5.41, 5.74) is 0.461. The first-order valence-electron chi connectivity index (χ1n) is 7.76. The number of carbonyl (C=O) groups excluding carboxylic acids is 2. The van der Waals surface area contributed by atoms with Gasteiger partial charge in [-0.05, 0) is 25.5 Å². The summed E-state index contributed by atoms with van der Waals surface area (Å²) in [6.07, 6.45) is 0.792. The molecule has 0 aliphatic heterocycles. The van der Waals surface area contributed by atoms with Crippen molar-refractivity contribution in [2.45, 2.75) is 32.0 Å². The molecule has 0 fully saturated rings. The highest BCUT2D eigenvalue weighted by Gasteiger charge is 2.13. The molecule has 0 bridgehead atoms. The van der Waals surface area contributed by atoms with Crippen LogP contribution < -0.4 is 16.2 Å². The fourth-order valence-electron chi connectivity index (χ4n) is 2.11. The number of rotatable bonds is 6. The van der Waals surface area contributed by atoms with E-state index >= 15 is 0 Å². The molecular weight excluding hydrogens is 328 g/mol. The van der Waals surface area contributed by atoms with Crippen LogP contribution in [0.25, 0.3) is 10.9 Å². The van der Waals surface area contributed by atoms with E-state index in [9.17, 15) is 14.4 Å². The number of benzene rings is 1. The maximum atomic E-state index is 12.5. The van der Waals surface area contributed by atoms with E-state index in [1.54, 1.807) is 18.2 Å². The maximum absolute atomic E-state index is 12.5. The average Bonchev–Trinajstić information content (AvgIpc) is 2.58. The summed E-state index contributed by atoms with van der Waals surface area (Å²) in [5.74, 6) is -0.428. The molecule has 2 aromatic rings. The minimum atomic E-state index is -0.512. The van der Waals surface area contributed by atoms with Gasteiger partial charge in [-0.25, -0.2) is 9.78 Å². The summed E-state index contributed by atoms with van der Waals surface area (Å²) in [6.45, 7) is 4.74. The Hall–Kier alpha value is -2.35. The number of amides is 3. The third-order valence-electron chi connectivity index (χ3n) is 3.26. The van der Waals surface area contributed by atoms with Crippen LogP contribution in [-0.2, 0) is 11.3 Å². The Kier molecular flexibility index (Phi) is 6.36. The first kappa shape index (κ1) is 18.0. The summed E-state index contributed by atoms with van der Waals surface area (Å²) >= 11 is 1.13. The second-order valence-electron chi connectivity index (χ2n) is 5.05. The van der Waals surface area contributed by atoms with Gasteiger partial charge >= 0.3 is 6.03 Å². The van der Waals surface area contributed by atoms with Gasteiger partial charge < -0.3 is 5.32 Å². The summed E-state index contributed by atoms with van der Waals surface area (Å²) in [6, 6.07) is 6.58. The van der Waals surface area contributed by atoms with E-state index < -0.39 is 11.9 Å². The van der Waals surface area contributed by atoms with Crippen molar-refractivity contribution in [3.05, 3.63) is 34.6 Å². The topological polar surface area (TPSA) is 93.1 Å². The summed E-state index contributed by atoms with van der Waals surface area (Å²) < 4.78 is 1.53. The van der Waals surface area contributed by atoms with Crippen LogP contribution >= 0.6 is 11.8 Å². The molecule has 3 amide bonds. The molecule has 1 aromatic heterocycles. The van der Waals surface area contributed by atoms with Crippen LogP contribution in [0, 0.1) is 0 Å². The molecule has 0 radical (unpaired) electrons. The van der Waals surface area contributed by atoms with E-state index in [2.05, 4.69) is 15.6 Å². The minimum Gasteiger partial charge on any atom is -0.338 e. The molecule has 0 aliphatic rings. The van der Waals surface area contributed by atoms with Gasteiger partial charge in [-0.15, -0.1) is 0 Å². The summed E-state index contributed by atoms with van der Waals surface area (Å²) in [5, 5.41) is 5.83. The molecule has 0 unspecified atom stereocenters. The van der Waals surface area contributed by atoms with E-state index in [-0.39, 0.29) is 11.3 Å². The van der Waals surface area contributed by atoms with Crippen LogP contribution in [0.15, 0.2) is 34.2 Å². The number of thioether (sulfide) groups is 1. The van der Waals surface area contributed by atoms with E-state index in [0.717, 1.165) is 18.2 Å². The Bertz CT molecular complexity index is 803. The molecule has 2 N–H and O–H groups in total. The molecule has 0 aliphatic carbocycles. The fraction of sp³-hybridized carbons (Fsp3) is 0.375. The van der Waals surface area contributed by atoms with Gasteiger partial charge in [-0.3, -0.25) is 19.5 Å². The van der Waals surface area contributed by atoms with E-state index in [1.165, 1.54) is 4.57 Å². The lowest BCUT2D eigenvalue weighted by molar-refractivity contribution is -0.117. The molecule has 7 nitrogen and oxygen atoms in total. The Morgan fingerprint density at radius 1 is 1.25 bits per heavy atom. The molecule has 0 spiro atoms. The number of hydrogen-bond donors (Lipinski definition) is 2. The highest BCUT2D eigenvalue weighted by Crippen LogP contribution is 2.17. The van der Waals surface area contributed by atoms with Crippen molar-refractivity contribution in [1.29, 1.82) is 0 Å². The predicted molar refractivity (Wildman–Crippen MR) is 94.2 cm³/mol. The third-order valence-corrected chi connectivity index (χ3v) is 4.24. The summed E-state index contributed by atoms with van der Waals surface area (Å²) in [7, 11) is 0. The van der Waals surface area contributed by atoms with Gasteiger partial charge in [0.1, 0.15) is 0 Å². The van der Waals surface area contributed by atoms with E-state index in [1.807, 2.05) is 19.9 Å². The fourth-order valence-corrected chi connectivity index (χ4v) is 2.98. The molecule has 2 rings (SSSR count). The van der Waals surface area contributed by atoms with Gasteiger partial charge in [-0.1, -0.05) is 30.8 Å². The van der Waals surface area contributed by atoms with Crippen molar-refractivity contribution in [3.8, 4) is 0 Å². The summed E-state index contributed by atoms with van der Waals surface area (Å²) in [4.78, 5) is 40.2. The molecule has 1 aromatic carbocycles. The number of imide groups is 1. The average molecular weight is 348 g/mol. The van der Waals surface area contributed by atoms with Crippen LogP contribution in [0.2, 0.25) is 0 Å². The minimum absolute atomic E-state index is 0.00429. The first-order chi connectivity index (χ1) is 11.6.